The standard InChI is InChI=1S/C13H8F2N4O/c14-9-2-1-3-10(15)12(9)19-5-4-11(18-13(19)20)8-6-16-17-7-8/h1-7H,(H,16,17). The lowest BCUT2D eigenvalue weighted by Crippen LogP contribution is -2.22. The molecule has 0 saturated heterocycles. The molecular formula is C13H8F2N4O. The third kappa shape index (κ3) is 1.99. The van der Waals surface area contributed by atoms with E-state index >= 15 is 0 Å². The van der Waals surface area contributed by atoms with Gasteiger partial charge in [0.2, 0.25) is 0 Å². The van der Waals surface area contributed by atoms with E-state index in [4.69, 9.17) is 0 Å². The first-order valence-electron chi connectivity index (χ1n) is 5.70. The molecule has 20 heavy (non-hydrogen) atoms. The van der Waals surface area contributed by atoms with E-state index in [1.165, 1.54) is 24.5 Å². The van der Waals surface area contributed by atoms with Crippen LogP contribution >= 0.6 is 0 Å². The summed E-state index contributed by atoms with van der Waals surface area (Å²) in [6.45, 7) is 0. The Morgan fingerprint density at radius 2 is 1.90 bits per heavy atom. The Hall–Kier alpha value is -2.83. The number of aromatic amines is 1. The number of halogens is 2. The Kier molecular flexibility index (Phi) is 2.86. The SMILES string of the molecule is O=c1nc(-c2cn[nH]c2)ccn1-c1c(F)cccc1F. The van der Waals surface area contributed by atoms with Gasteiger partial charge in [-0.25, -0.2) is 13.6 Å². The van der Waals surface area contributed by atoms with Crippen molar-refractivity contribution in [2.75, 3.05) is 0 Å². The molecule has 0 aliphatic carbocycles. The Bertz CT molecular complexity index is 791. The zero-order valence-electron chi connectivity index (χ0n) is 10.0. The van der Waals surface area contributed by atoms with Crippen molar-refractivity contribution >= 4 is 0 Å². The number of nitrogens with one attached hydrogen (secondary N) is 1. The predicted molar refractivity (Wildman–Crippen MR) is 67.3 cm³/mol. The highest BCUT2D eigenvalue weighted by atomic mass is 19.1. The number of nitrogens with zero attached hydrogens (tertiary/aromatic N) is 3. The molecular weight excluding hydrogens is 266 g/mol. The Morgan fingerprint density at radius 1 is 1.15 bits per heavy atom. The van der Waals surface area contributed by atoms with Gasteiger partial charge in [-0.2, -0.15) is 10.1 Å². The summed E-state index contributed by atoms with van der Waals surface area (Å²) < 4.78 is 28.1. The highest BCUT2D eigenvalue weighted by molar-refractivity contribution is 5.56. The van der Waals surface area contributed by atoms with Crippen LogP contribution in [0.5, 0.6) is 0 Å². The molecule has 100 valence electrons. The van der Waals surface area contributed by atoms with Crippen molar-refractivity contribution in [3.8, 4) is 16.9 Å². The minimum Gasteiger partial charge on any atom is -0.285 e. The monoisotopic (exact) mass is 274 g/mol. The first-order chi connectivity index (χ1) is 9.66. The minimum atomic E-state index is -0.829. The molecule has 0 spiro atoms. The van der Waals surface area contributed by atoms with Crippen molar-refractivity contribution in [3.05, 3.63) is 65.0 Å². The highest BCUT2D eigenvalue weighted by Crippen LogP contribution is 2.17. The van der Waals surface area contributed by atoms with Gasteiger partial charge in [0.25, 0.3) is 0 Å². The van der Waals surface area contributed by atoms with Crippen molar-refractivity contribution in [1.29, 1.82) is 0 Å². The number of hydrogen-bond acceptors (Lipinski definition) is 3. The molecule has 2 aromatic heterocycles. The minimum absolute atomic E-state index is 0.372. The van der Waals surface area contributed by atoms with E-state index in [0.29, 0.717) is 11.3 Å². The first-order valence-corrected chi connectivity index (χ1v) is 5.70. The summed E-state index contributed by atoms with van der Waals surface area (Å²) in [6, 6.07) is 4.87. The maximum atomic E-state index is 13.6. The smallest absolute Gasteiger partial charge is 0.285 e. The molecule has 0 saturated carbocycles. The Balaban J connectivity index is 2.15. The molecule has 0 unspecified atom stereocenters. The zero-order chi connectivity index (χ0) is 14.1. The average Bonchev–Trinajstić information content (AvgIpc) is 2.94. The van der Waals surface area contributed by atoms with Gasteiger partial charge in [-0.15, -0.1) is 0 Å². The zero-order valence-corrected chi connectivity index (χ0v) is 10.0. The van der Waals surface area contributed by atoms with Gasteiger partial charge < -0.3 is 0 Å². The van der Waals surface area contributed by atoms with Crippen molar-refractivity contribution in [1.82, 2.24) is 19.7 Å². The van der Waals surface area contributed by atoms with Crippen molar-refractivity contribution in [2.24, 2.45) is 0 Å². The third-order valence-corrected chi connectivity index (χ3v) is 2.78. The molecule has 5 nitrogen and oxygen atoms in total. The van der Waals surface area contributed by atoms with Gasteiger partial charge in [0, 0.05) is 18.0 Å². The van der Waals surface area contributed by atoms with Crippen LogP contribution in [0.15, 0.2) is 47.7 Å². The number of para-hydroxylation sites is 1. The molecule has 3 rings (SSSR count). The van der Waals surface area contributed by atoms with Gasteiger partial charge in [-0.1, -0.05) is 6.07 Å². The lowest BCUT2D eigenvalue weighted by Gasteiger charge is -2.07. The average molecular weight is 274 g/mol. The van der Waals surface area contributed by atoms with Gasteiger partial charge >= 0.3 is 5.69 Å². The summed E-state index contributed by atoms with van der Waals surface area (Å²) in [7, 11) is 0. The van der Waals surface area contributed by atoms with Gasteiger partial charge in [0.1, 0.15) is 17.3 Å². The fraction of sp³-hybridized carbons (Fsp3) is 0. The maximum Gasteiger partial charge on any atom is 0.352 e. The fourth-order valence-electron chi connectivity index (χ4n) is 1.84. The van der Waals surface area contributed by atoms with Crippen LogP contribution in [0.4, 0.5) is 8.78 Å². The van der Waals surface area contributed by atoms with Crippen LogP contribution in [0.2, 0.25) is 0 Å². The van der Waals surface area contributed by atoms with E-state index < -0.39 is 23.0 Å². The molecule has 0 aliphatic heterocycles. The van der Waals surface area contributed by atoms with E-state index in [2.05, 4.69) is 15.2 Å². The molecule has 0 radical (unpaired) electrons. The van der Waals surface area contributed by atoms with Gasteiger partial charge in [0.15, 0.2) is 0 Å². The molecule has 0 amide bonds. The van der Waals surface area contributed by atoms with E-state index in [9.17, 15) is 13.6 Å². The topological polar surface area (TPSA) is 63.6 Å². The summed E-state index contributed by atoms with van der Waals surface area (Å²) >= 11 is 0. The second-order valence-corrected chi connectivity index (χ2v) is 4.02. The van der Waals surface area contributed by atoms with E-state index in [0.717, 1.165) is 16.7 Å². The third-order valence-electron chi connectivity index (χ3n) is 2.78. The summed E-state index contributed by atoms with van der Waals surface area (Å²) in [5, 5.41) is 6.34. The lowest BCUT2D eigenvalue weighted by atomic mass is 10.2. The summed E-state index contributed by atoms with van der Waals surface area (Å²) in [4.78, 5) is 15.7. The van der Waals surface area contributed by atoms with Crippen LogP contribution in [0.3, 0.4) is 0 Å². The summed E-state index contributed by atoms with van der Waals surface area (Å²) in [5.74, 6) is -1.66. The van der Waals surface area contributed by atoms with Crippen molar-refractivity contribution in [2.45, 2.75) is 0 Å². The van der Waals surface area contributed by atoms with Gasteiger partial charge in [-0.3, -0.25) is 9.67 Å². The van der Waals surface area contributed by atoms with Crippen molar-refractivity contribution < 1.29 is 8.78 Å². The Morgan fingerprint density at radius 3 is 2.50 bits per heavy atom. The number of H-pyrrole nitrogens is 1. The number of rotatable bonds is 2. The van der Waals surface area contributed by atoms with Crippen LogP contribution in [0.25, 0.3) is 16.9 Å². The van der Waals surface area contributed by atoms with Gasteiger partial charge in [-0.05, 0) is 18.2 Å². The van der Waals surface area contributed by atoms with Gasteiger partial charge in [0.05, 0.1) is 11.9 Å². The maximum absolute atomic E-state index is 13.6. The van der Waals surface area contributed by atoms with Crippen LogP contribution in [0, 0.1) is 11.6 Å². The molecule has 7 heteroatoms. The highest BCUT2D eigenvalue weighted by Gasteiger charge is 2.13. The largest absolute Gasteiger partial charge is 0.352 e. The second-order valence-electron chi connectivity index (χ2n) is 4.02. The quantitative estimate of drug-likeness (QED) is 0.776. The fourth-order valence-corrected chi connectivity index (χ4v) is 1.84. The van der Waals surface area contributed by atoms with Crippen LogP contribution < -0.4 is 5.69 Å². The molecule has 3 aromatic rings. The number of benzene rings is 1. The normalized spacial score (nSPS) is 10.7. The summed E-state index contributed by atoms with van der Waals surface area (Å²) in [6.07, 6.45) is 4.34. The van der Waals surface area contributed by atoms with E-state index in [-0.39, 0.29) is 0 Å². The lowest BCUT2D eigenvalue weighted by molar-refractivity contribution is 0.565. The van der Waals surface area contributed by atoms with Crippen LogP contribution in [-0.2, 0) is 0 Å². The number of aromatic nitrogens is 4. The molecule has 0 aliphatic rings. The van der Waals surface area contributed by atoms with E-state index in [1.807, 2.05) is 0 Å². The first kappa shape index (κ1) is 12.2. The predicted octanol–water partition coefficient (Wildman–Crippen LogP) is 1.90. The van der Waals surface area contributed by atoms with Crippen LogP contribution in [0.1, 0.15) is 0 Å². The Labute approximate surface area is 111 Å². The van der Waals surface area contributed by atoms with Crippen molar-refractivity contribution in [3.63, 3.8) is 0 Å². The molecule has 0 atom stereocenters. The second kappa shape index (κ2) is 4.69. The summed E-state index contributed by atoms with van der Waals surface area (Å²) in [5.41, 5.74) is -0.226. The number of hydrogen-bond donors (Lipinski definition) is 1. The molecule has 1 N–H and O–H groups in total. The van der Waals surface area contributed by atoms with E-state index in [1.54, 1.807) is 6.20 Å². The van der Waals surface area contributed by atoms with Crippen LogP contribution in [-0.4, -0.2) is 19.7 Å². The molecule has 1 aromatic carbocycles. The molecule has 0 bridgehead atoms. The molecule has 0 fully saturated rings. The molecule has 2 heterocycles.